The molecule has 2 N–H and O–H groups in total. The molecule has 1 aromatic rings. The highest BCUT2D eigenvalue weighted by molar-refractivity contribution is 6.30. The van der Waals surface area contributed by atoms with Gasteiger partial charge in [-0.1, -0.05) is 23.7 Å². The Balaban J connectivity index is 1.79. The first-order chi connectivity index (χ1) is 7.34. The summed E-state index contributed by atoms with van der Waals surface area (Å²) in [7, 11) is 0. The average molecular weight is 225 g/mol. The Hall–Kier alpha value is -0.570. The van der Waals surface area contributed by atoms with E-state index in [1.165, 1.54) is 18.4 Å². The highest BCUT2D eigenvalue weighted by Crippen LogP contribution is 2.10. The summed E-state index contributed by atoms with van der Waals surface area (Å²) < 4.78 is 0. The molecule has 1 aromatic carbocycles. The lowest BCUT2D eigenvalue weighted by Crippen LogP contribution is -2.39. The fourth-order valence-electron chi connectivity index (χ4n) is 1.89. The smallest absolute Gasteiger partial charge is 0.0406 e. The topological polar surface area (TPSA) is 24.1 Å². The zero-order chi connectivity index (χ0) is 10.5. The highest BCUT2D eigenvalue weighted by Gasteiger charge is 2.11. The van der Waals surface area contributed by atoms with Crippen molar-refractivity contribution < 1.29 is 0 Å². The Labute approximate surface area is 96.0 Å². The second-order valence-corrected chi connectivity index (χ2v) is 4.47. The zero-order valence-corrected chi connectivity index (χ0v) is 9.56. The molecule has 0 bridgehead atoms. The molecule has 3 heteroatoms. The van der Waals surface area contributed by atoms with Gasteiger partial charge >= 0.3 is 0 Å². The van der Waals surface area contributed by atoms with Crippen molar-refractivity contribution in [3.63, 3.8) is 0 Å². The molecule has 0 radical (unpaired) electrons. The molecule has 1 heterocycles. The van der Waals surface area contributed by atoms with E-state index < -0.39 is 0 Å². The number of nitrogens with one attached hydrogen (secondary N) is 2. The third-order valence-corrected chi connectivity index (χ3v) is 3.10. The van der Waals surface area contributed by atoms with Crippen LogP contribution in [0.3, 0.4) is 0 Å². The van der Waals surface area contributed by atoms with Crippen LogP contribution in [0.25, 0.3) is 0 Å². The van der Waals surface area contributed by atoms with Gasteiger partial charge in [-0.2, -0.15) is 0 Å². The summed E-state index contributed by atoms with van der Waals surface area (Å²) in [6.07, 6.45) is 2.46. The lowest BCUT2D eigenvalue weighted by Gasteiger charge is -2.23. The molecule has 2 rings (SSSR count). The molecule has 15 heavy (non-hydrogen) atoms. The second-order valence-electron chi connectivity index (χ2n) is 4.03. The van der Waals surface area contributed by atoms with Gasteiger partial charge in [-0.05, 0) is 43.6 Å². The SMILES string of the molecule is Clc1ccc(CNC2CCNCC2)cc1. The van der Waals surface area contributed by atoms with Gasteiger partial charge in [-0.3, -0.25) is 0 Å². The van der Waals surface area contributed by atoms with E-state index in [4.69, 9.17) is 11.6 Å². The number of hydrogen-bond donors (Lipinski definition) is 2. The van der Waals surface area contributed by atoms with Gasteiger partial charge in [0.2, 0.25) is 0 Å². The first kappa shape index (κ1) is 10.9. The fourth-order valence-corrected chi connectivity index (χ4v) is 2.02. The number of piperidine rings is 1. The third-order valence-electron chi connectivity index (χ3n) is 2.85. The van der Waals surface area contributed by atoms with Crippen molar-refractivity contribution in [1.29, 1.82) is 0 Å². The lowest BCUT2D eigenvalue weighted by atomic mass is 10.1. The maximum atomic E-state index is 5.83. The molecule has 0 spiro atoms. The van der Waals surface area contributed by atoms with Crippen molar-refractivity contribution in [3.05, 3.63) is 34.9 Å². The largest absolute Gasteiger partial charge is 0.317 e. The van der Waals surface area contributed by atoms with Crippen LogP contribution in [-0.2, 0) is 6.54 Å². The summed E-state index contributed by atoms with van der Waals surface area (Å²) in [5, 5.41) is 7.74. The van der Waals surface area contributed by atoms with Crippen LogP contribution in [0.1, 0.15) is 18.4 Å². The Kier molecular flexibility index (Phi) is 4.01. The van der Waals surface area contributed by atoms with E-state index in [0.717, 1.165) is 24.7 Å². The minimum atomic E-state index is 0.668. The quantitative estimate of drug-likeness (QED) is 0.823. The van der Waals surface area contributed by atoms with Gasteiger partial charge in [0.15, 0.2) is 0 Å². The maximum absolute atomic E-state index is 5.83. The molecule has 82 valence electrons. The monoisotopic (exact) mass is 224 g/mol. The number of rotatable bonds is 3. The summed E-state index contributed by atoms with van der Waals surface area (Å²) in [5.74, 6) is 0. The number of hydrogen-bond acceptors (Lipinski definition) is 2. The molecular weight excluding hydrogens is 208 g/mol. The molecular formula is C12H17ClN2. The van der Waals surface area contributed by atoms with Crippen LogP contribution in [0.15, 0.2) is 24.3 Å². The minimum Gasteiger partial charge on any atom is -0.317 e. The van der Waals surface area contributed by atoms with Gasteiger partial charge in [0.25, 0.3) is 0 Å². The molecule has 0 unspecified atom stereocenters. The molecule has 0 aromatic heterocycles. The molecule has 0 saturated carbocycles. The van der Waals surface area contributed by atoms with Crippen molar-refractivity contribution in [2.75, 3.05) is 13.1 Å². The van der Waals surface area contributed by atoms with Crippen molar-refractivity contribution in [2.24, 2.45) is 0 Å². The van der Waals surface area contributed by atoms with Crippen LogP contribution in [0.4, 0.5) is 0 Å². The van der Waals surface area contributed by atoms with Crippen LogP contribution >= 0.6 is 11.6 Å². The Morgan fingerprint density at radius 3 is 2.53 bits per heavy atom. The van der Waals surface area contributed by atoms with Crippen molar-refractivity contribution in [3.8, 4) is 0 Å². The van der Waals surface area contributed by atoms with Crippen LogP contribution in [0.2, 0.25) is 5.02 Å². The number of halogens is 1. The van der Waals surface area contributed by atoms with Crippen LogP contribution in [-0.4, -0.2) is 19.1 Å². The molecule has 1 saturated heterocycles. The third kappa shape index (κ3) is 3.49. The molecule has 0 atom stereocenters. The molecule has 0 aliphatic carbocycles. The Morgan fingerprint density at radius 1 is 1.20 bits per heavy atom. The van der Waals surface area contributed by atoms with Crippen molar-refractivity contribution >= 4 is 11.6 Å². The minimum absolute atomic E-state index is 0.668. The maximum Gasteiger partial charge on any atom is 0.0406 e. The van der Waals surface area contributed by atoms with Crippen LogP contribution in [0, 0.1) is 0 Å². The van der Waals surface area contributed by atoms with E-state index in [1.807, 2.05) is 12.1 Å². The summed E-state index contributed by atoms with van der Waals surface area (Å²) in [5.41, 5.74) is 1.30. The van der Waals surface area contributed by atoms with E-state index in [2.05, 4.69) is 22.8 Å². The Bertz CT molecular complexity index is 291. The summed E-state index contributed by atoms with van der Waals surface area (Å²) in [4.78, 5) is 0. The summed E-state index contributed by atoms with van der Waals surface area (Å²) in [6, 6.07) is 8.72. The van der Waals surface area contributed by atoms with E-state index in [1.54, 1.807) is 0 Å². The Morgan fingerprint density at radius 2 is 1.87 bits per heavy atom. The average Bonchev–Trinajstić information content (AvgIpc) is 2.30. The molecule has 1 aliphatic rings. The standard InChI is InChI=1S/C12H17ClN2/c13-11-3-1-10(2-4-11)9-15-12-5-7-14-8-6-12/h1-4,12,14-15H,5-9H2. The predicted molar refractivity (Wildman–Crippen MR) is 64.2 cm³/mol. The van der Waals surface area contributed by atoms with Gasteiger partial charge in [-0.25, -0.2) is 0 Å². The highest BCUT2D eigenvalue weighted by atomic mass is 35.5. The second kappa shape index (κ2) is 5.50. The first-order valence-electron chi connectivity index (χ1n) is 5.53. The van der Waals surface area contributed by atoms with Crippen LogP contribution < -0.4 is 10.6 Å². The molecule has 2 nitrogen and oxygen atoms in total. The molecule has 1 aliphatic heterocycles. The van der Waals surface area contributed by atoms with E-state index in [0.29, 0.717) is 6.04 Å². The van der Waals surface area contributed by atoms with Crippen molar-refractivity contribution in [2.45, 2.75) is 25.4 Å². The molecule has 0 amide bonds. The summed E-state index contributed by atoms with van der Waals surface area (Å²) >= 11 is 5.83. The van der Waals surface area contributed by atoms with E-state index >= 15 is 0 Å². The summed E-state index contributed by atoms with van der Waals surface area (Å²) in [6.45, 7) is 3.22. The van der Waals surface area contributed by atoms with Crippen LogP contribution in [0.5, 0.6) is 0 Å². The van der Waals surface area contributed by atoms with Gasteiger partial charge in [-0.15, -0.1) is 0 Å². The van der Waals surface area contributed by atoms with Gasteiger partial charge in [0.1, 0.15) is 0 Å². The fraction of sp³-hybridized carbons (Fsp3) is 0.500. The predicted octanol–water partition coefficient (Wildman–Crippen LogP) is 2.18. The lowest BCUT2D eigenvalue weighted by molar-refractivity contribution is 0.386. The van der Waals surface area contributed by atoms with Gasteiger partial charge in [0, 0.05) is 17.6 Å². The normalized spacial score (nSPS) is 17.9. The molecule has 1 fully saturated rings. The van der Waals surface area contributed by atoms with E-state index in [9.17, 15) is 0 Å². The zero-order valence-electron chi connectivity index (χ0n) is 8.80. The van der Waals surface area contributed by atoms with Gasteiger partial charge < -0.3 is 10.6 Å². The number of benzene rings is 1. The van der Waals surface area contributed by atoms with E-state index in [-0.39, 0.29) is 0 Å². The van der Waals surface area contributed by atoms with Gasteiger partial charge in [0.05, 0.1) is 0 Å². The first-order valence-corrected chi connectivity index (χ1v) is 5.91. The van der Waals surface area contributed by atoms with Crippen molar-refractivity contribution in [1.82, 2.24) is 10.6 Å².